The van der Waals surface area contributed by atoms with E-state index in [1.165, 1.54) is 5.56 Å². The molecule has 0 fully saturated rings. The normalized spacial score (nSPS) is 9.43. The van der Waals surface area contributed by atoms with Crippen molar-refractivity contribution in [1.29, 1.82) is 0 Å². The molecule has 0 amide bonds. The fraction of sp³-hybridized carbons (Fsp3) is 0.750. The summed E-state index contributed by atoms with van der Waals surface area (Å²) < 4.78 is 1.97. The zero-order chi connectivity index (χ0) is 11.8. The number of aromatic nitrogens is 2. The lowest BCUT2D eigenvalue weighted by Gasteiger charge is -2.18. The number of rotatable bonds is 0. The van der Waals surface area contributed by atoms with Gasteiger partial charge in [0.15, 0.2) is 0 Å². The molecule has 0 aromatic carbocycles. The van der Waals surface area contributed by atoms with Crippen LogP contribution < -0.4 is 0 Å². The minimum Gasteiger partial charge on any atom is -0.267 e. The highest BCUT2D eigenvalue weighted by molar-refractivity contribution is 5.01. The summed E-state index contributed by atoms with van der Waals surface area (Å²) in [5.41, 5.74) is 1.34. The molecule has 2 nitrogen and oxygen atoms in total. The molecule has 0 N–H and O–H groups in total. The Morgan fingerprint density at radius 2 is 1.50 bits per heavy atom. The monoisotopic (exact) mass is 198 g/mol. The molecule has 0 aliphatic carbocycles. The smallest absolute Gasteiger partial charge is 0.0543 e. The summed E-state index contributed by atoms with van der Waals surface area (Å²) in [6.45, 7) is 16.5. The van der Waals surface area contributed by atoms with Crippen LogP contribution in [0, 0.1) is 6.92 Å². The molecule has 0 saturated heterocycles. The standard InChI is InChI=1S/C8H14N2.2C2H6/c1-7-5-9-10(6-7)8(2,3)4;2*1-2/h5-6H,1-4H3;2*1-2H3. The van der Waals surface area contributed by atoms with Gasteiger partial charge >= 0.3 is 0 Å². The summed E-state index contributed by atoms with van der Waals surface area (Å²) in [6, 6.07) is 0. The molecule has 1 aromatic heterocycles. The summed E-state index contributed by atoms with van der Waals surface area (Å²) in [5, 5.41) is 4.20. The first-order valence-corrected chi connectivity index (χ1v) is 5.52. The minimum atomic E-state index is 0.119. The van der Waals surface area contributed by atoms with E-state index in [0.29, 0.717) is 0 Å². The lowest BCUT2D eigenvalue weighted by molar-refractivity contribution is 0.355. The molecule has 0 radical (unpaired) electrons. The predicted molar refractivity (Wildman–Crippen MR) is 64.7 cm³/mol. The molecule has 0 bridgehead atoms. The van der Waals surface area contributed by atoms with Crippen LogP contribution in [0.3, 0.4) is 0 Å². The second kappa shape index (κ2) is 7.60. The van der Waals surface area contributed by atoms with Gasteiger partial charge in [-0.05, 0) is 33.3 Å². The van der Waals surface area contributed by atoms with Gasteiger partial charge in [-0.15, -0.1) is 0 Å². The minimum absolute atomic E-state index is 0.119. The zero-order valence-corrected chi connectivity index (χ0v) is 11.0. The molecule has 14 heavy (non-hydrogen) atoms. The van der Waals surface area contributed by atoms with Crippen molar-refractivity contribution >= 4 is 0 Å². The van der Waals surface area contributed by atoms with Gasteiger partial charge in [0.25, 0.3) is 0 Å². The van der Waals surface area contributed by atoms with Crippen molar-refractivity contribution in [1.82, 2.24) is 9.78 Å². The highest BCUT2D eigenvalue weighted by Gasteiger charge is 2.12. The van der Waals surface area contributed by atoms with Crippen molar-refractivity contribution in [3.8, 4) is 0 Å². The molecule has 1 rings (SSSR count). The van der Waals surface area contributed by atoms with E-state index < -0.39 is 0 Å². The SMILES string of the molecule is CC.CC.Cc1cnn(C(C)(C)C)c1. The van der Waals surface area contributed by atoms with Crippen LogP contribution >= 0.6 is 0 Å². The average molecular weight is 198 g/mol. The first-order chi connectivity index (χ1) is 6.50. The van der Waals surface area contributed by atoms with E-state index in [9.17, 15) is 0 Å². The second-order valence-corrected chi connectivity index (χ2v) is 3.63. The summed E-state index contributed by atoms with van der Waals surface area (Å²) >= 11 is 0. The number of hydrogen-bond donors (Lipinski definition) is 0. The molecule has 0 saturated carbocycles. The zero-order valence-electron chi connectivity index (χ0n) is 11.0. The van der Waals surface area contributed by atoms with Gasteiger partial charge in [0, 0.05) is 6.20 Å². The third kappa shape index (κ3) is 5.79. The van der Waals surface area contributed by atoms with Crippen molar-refractivity contribution < 1.29 is 0 Å². The van der Waals surface area contributed by atoms with Crippen molar-refractivity contribution in [2.24, 2.45) is 0 Å². The van der Waals surface area contributed by atoms with Gasteiger partial charge in [-0.1, -0.05) is 27.7 Å². The molecular formula is C12H26N2. The molecule has 84 valence electrons. The summed E-state index contributed by atoms with van der Waals surface area (Å²) in [6.07, 6.45) is 3.94. The average Bonchev–Trinajstić information content (AvgIpc) is 2.58. The largest absolute Gasteiger partial charge is 0.267 e. The summed E-state index contributed by atoms with van der Waals surface area (Å²) in [4.78, 5) is 0. The van der Waals surface area contributed by atoms with Crippen molar-refractivity contribution in [2.45, 2.75) is 60.9 Å². The van der Waals surface area contributed by atoms with E-state index in [-0.39, 0.29) is 5.54 Å². The molecule has 0 aliphatic heterocycles. The second-order valence-electron chi connectivity index (χ2n) is 3.63. The van der Waals surface area contributed by atoms with Gasteiger partial charge in [-0.2, -0.15) is 5.10 Å². The fourth-order valence-corrected chi connectivity index (χ4v) is 0.780. The summed E-state index contributed by atoms with van der Waals surface area (Å²) in [7, 11) is 0. The van der Waals surface area contributed by atoms with E-state index in [1.807, 2.05) is 38.6 Å². The highest BCUT2D eigenvalue weighted by atomic mass is 15.3. The lowest BCUT2D eigenvalue weighted by Crippen LogP contribution is -2.21. The molecule has 2 heteroatoms. The van der Waals surface area contributed by atoms with Crippen LogP contribution in [0.2, 0.25) is 0 Å². The van der Waals surface area contributed by atoms with Crippen LogP contribution in [0.15, 0.2) is 12.4 Å². The Bertz CT molecular complexity index is 218. The van der Waals surface area contributed by atoms with Gasteiger partial charge in [-0.3, -0.25) is 4.68 Å². The van der Waals surface area contributed by atoms with Crippen molar-refractivity contribution in [2.75, 3.05) is 0 Å². The van der Waals surface area contributed by atoms with E-state index in [4.69, 9.17) is 0 Å². The van der Waals surface area contributed by atoms with Gasteiger partial charge in [0.05, 0.1) is 11.7 Å². The Balaban J connectivity index is 0. The van der Waals surface area contributed by atoms with Crippen LogP contribution in [-0.4, -0.2) is 9.78 Å². The Kier molecular flexibility index (Phi) is 8.51. The fourth-order valence-electron chi connectivity index (χ4n) is 0.780. The van der Waals surface area contributed by atoms with E-state index in [2.05, 4.69) is 39.0 Å². The van der Waals surface area contributed by atoms with Gasteiger partial charge < -0.3 is 0 Å². The lowest BCUT2D eigenvalue weighted by atomic mass is 10.1. The first-order valence-electron chi connectivity index (χ1n) is 5.52. The Hall–Kier alpha value is -0.790. The van der Waals surface area contributed by atoms with Crippen molar-refractivity contribution in [3.63, 3.8) is 0 Å². The topological polar surface area (TPSA) is 17.8 Å². The predicted octanol–water partition coefficient (Wildman–Crippen LogP) is 4.00. The molecule has 0 aliphatic rings. The van der Waals surface area contributed by atoms with Crippen molar-refractivity contribution in [3.05, 3.63) is 18.0 Å². The maximum Gasteiger partial charge on any atom is 0.0543 e. The molecule has 1 aromatic rings. The van der Waals surface area contributed by atoms with E-state index in [1.54, 1.807) is 0 Å². The Morgan fingerprint density at radius 3 is 1.64 bits per heavy atom. The first kappa shape index (κ1) is 15.7. The third-order valence-corrected chi connectivity index (χ3v) is 1.40. The molecule has 0 unspecified atom stereocenters. The van der Waals surface area contributed by atoms with Crippen LogP contribution in [-0.2, 0) is 5.54 Å². The quantitative estimate of drug-likeness (QED) is 0.616. The van der Waals surface area contributed by atoms with Crippen LogP contribution in [0.25, 0.3) is 0 Å². The van der Waals surface area contributed by atoms with Crippen LogP contribution in [0.4, 0.5) is 0 Å². The van der Waals surface area contributed by atoms with E-state index in [0.717, 1.165) is 0 Å². The molecule has 1 heterocycles. The summed E-state index contributed by atoms with van der Waals surface area (Å²) in [5.74, 6) is 0. The molecule has 0 spiro atoms. The maximum atomic E-state index is 4.20. The number of aryl methyl sites for hydroxylation is 1. The third-order valence-electron chi connectivity index (χ3n) is 1.40. The van der Waals surface area contributed by atoms with Gasteiger partial charge in [0.2, 0.25) is 0 Å². The Morgan fingerprint density at radius 1 is 1.07 bits per heavy atom. The maximum absolute atomic E-state index is 4.20. The molecular weight excluding hydrogens is 172 g/mol. The van der Waals surface area contributed by atoms with Gasteiger partial charge in [0.1, 0.15) is 0 Å². The Labute approximate surface area is 89.3 Å². The van der Waals surface area contributed by atoms with Gasteiger partial charge in [-0.25, -0.2) is 0 Å². The highest BCUT2D eigenvalue weighted by Crippen LogP contribution is 2.12. The molecule has 0 atom stereocenters. The van der Waals surface area contributed by atoms with Crippen LogP contribution in [0.1, 0.15) is 54.0 Å². The van der Waals surface area contributed by atoms with E-state index >= 15 is 0 Å². The van der Waals surface area contributed by atoms with Crippen LogP contribution in [0.5, 0.6) is 0 Å². The number of hydrogen-bond acceptors (Lipinski definition) is 1. The number of nitrogens with zero attached hydrogens (tertiary/aromatic N) is 2.